The number of halogens is 2. The van der Waals surface area contributed by atoms with E-state index >= 15 is 0 Å². The first kappa shape index (κ1) is 17.2. The molecule has 1 aliphatic heterocycles. The van der Waals surface area contributed by atoms with Crippen LogP contribution in [-0.4, -0.2) is 28.9 Å². The lowest BCUT2D eigenvalue weighted by molar-refractivity contribution is 0.102. The van der Waals surface area contributed by atoms with Crippen molar-refractivity contribution >= 4 is 46.4 Å². The molecule has 0 fully saturated rings. The number of rotatable bonds is 3. The molecule has 0 bridgehead atoms. The number of carbonyl (C=O) groups is 1. The third-order valence-corrected chi connectivity index (χ3v) is 4.80. The van der Waals surface area contributed by atoms with Crippen molar-refractivity contribution in [3.8, 4) is 0 Å². The fourth-order valence-electron chi connectivity index (χ4n) is 2.37. The van der Waals surface area contributed by atoms with Crippen molar-refractivity contribution in [1.82, 2.24) is 9.88 Å². The van der Waals surface area contributed by atoms with Gasteiger partial charge in [-0.05, 0) is 24.7 Å². The third kappa shape index (κ3) is 3.79. The number of thiazole rings is 1. The Morgan fingerprint density at radius 2 is 2.32 bits per heavy atom. The minimum absolute atomic E-state index is 0. The lowest BCUT2D eigenvalue weighted by atomic mass is 10.2. The summed E-state index contributed by atoms with van der Waals surface area (Å²) >= 11 is 7.47. The van der Waals surface area contributed by atoms with E-state index in [2.05, 4.69) is 22.1 Å². The first-order valence-corrected chi connectivity index (χ1v) is 8.13. The van der Waals surface area contributed by atoms with E-state index in [4.69, 9.17) is 11.6 Å². The summed E-state index contributed by atoms with van der Waals surface area (Å²) in [4.78, 5) is 20.4. The van der Waals surface area contributed by atoms with Gasteiger partial charge in [0.2, 0.25) is 0 Å². The number of benzene rings is 1. The van der Waals surface area contributed by atoms with Crippen LogP contribution in [0.3, 0.4) is 0 Å². The molecule has 1 aromatic heterocycles. The average Bonchev–Trinajstić information content (AvgIpc) is 2.88. The zero-order chi connectivity index (χ0) is 14.8. The number of anilines is 1. The average molecular weight is 358 g/mol. The van der Waals surface area contributed by atoms with Crippen molar-refractivity contribution < 1.29 is 4.79 Å². The largest absolute Gasteiger partial charge is 0.298 e. The monoisotopic (exact) mass is 357 g/mol. The maximum atomic E-state index is 12.2. The van der Waals surface area contributed by atoms with E-state index < -0.39 is 0 Å². The number of nitrogens with one attached hydrogen (secondary N) is 1. The second-order valence-corrected chi connectivity index (χ2v) is 6.49. The summed E-state index contributed by atoms with van der Waals surface area (Å²) < 4.78 is 0. The Morgan fingerprint density at radius 1 is 1.50 bits per heavy atom. The molecule has 0 saturated carbocycles. The summed E-state index contributed by atoms with van der Waals surface area (Å²) in [6.07, 6.45) is 0.951. The summed E-state index contributed by atoms with van der Waals surface area (Å²) in [5.41, 5.74) is 1.66. The fraction of sp³-hybridized carbons (Fsp3) is 0.333. The first-order chi connectivity index (χ1) is 10.2. The number of amides is 1. The molecule has 3 rings (SSSR count). The molecule has 0 spiro atoms. The number of nitrogens with zero attached hydrogens (tertiary/aromatic N) is 2. The van der Waals surface area contributed by atoms with Gasteiger partial charge in [-0.3, -0.25) is 15.0 Å². The van der Waals surface area contributed by atoms with Crippen LogP contribution in [0.2, 0.25) is 5.02 Å². The number of hydrogen-bond donors (Lipinski definition) is 1. The van der Waals surface area contributed by atoms with E-state index in [0.717, 1.165) is 31.7 Å². The highest BCUT2D eigenvalue weighted by Crippen LogP contribution is 2.28. The second kappa shape index (κ2) is 7.42. The molecule has 2 heterocycles. The molecule has 118 valence electrons. The summed E-state index contributed by atoms with van der Waals surface area (Å²) in [5, 5.41) is 4.09. The van der Waals surface area contributed by atoms with Gasteiger partial charge in [0, 0.05) is 35.0 Å². The van der Waals surface area contributed by atoms with Crippen LogP contribution in [0.15, 0.2) is 24.3 Å². The van der Waals surface area contributed by atoms with Gasteiger partial charge in [-0.1, -0.05) is 24.6 Å². The van der Waals surface area contributed by atoms with Crippen molar-refractivity contribution in [1.29, 1.82) is 0 Å². The highest BCUT2D eigenvalue weighted by Gasteiger charge is 2.20. The lowest BCUT2D eigenvalue weighted by Gasteiger charge is -2.23. The highest BCUT2D eigenvalue weighted by atomic mass is 35.5. The van der Waals surface area contributed by atoms with Crippen LogP contribution in [-0.2, 0) is 13.0 Å². The number of hydrogen-bond acceptors (Lipinski definition) is 4. The topological polar surface area (TPSA) is 45.2 Å². The third-order valence-electron chi connectivity index (χ3n) is 3.56. The maximum Gasteiger partial charge on any atom is 0.257 e. The van der Waals surface area contributed by atoms with Crippen LogP contribution in [0.5, 0.6) is 0 Å². The van der Waals surface area contributed by atoms with Crippen LogP contribution in [0.4, 0.5) is 5.13 Å². The Kier molecular flexibility index (Phi) is 5.81. The lowest BCUT2D eigenvalue weighted by Crippen LogP contribution is -2.29. The van der Waals surface area contributed by atoms with Gasteiger partial charge in [0.15, 0.2) is 5.13 Å². The molecule has 4 nitrogen and oxygen atoms in total. The zero-order valence-corrected chi connectivity index (χ0v) is 14.5. The van der Waals surface area contributed by atoms with Crippen LogP contribution < -0.4 is 5.32 Å². The summed E-state index contributed by atoms with van der Waals surface area (Å²) in [6.45, 7) is 5.17. The van der Waals surface area contributed by atoms with Crippen LogP contribution >= 0.6 is 35.3 Å². The minimum Gasteiger partial charge on any atom is -0.298 e. The fourth-order valence-corrected chi connectivity index (χ4v) is 3.61. The number of aromatic nitrogens is 1. The van der Waals surface area contributed by atoms with Crippen molar-refractivity contribution in [3.63, 3.8) is 0 Å². The Hall–Kier alpha value is -1.14. The van der Waals surface area contributed by atoms with Gasteiger partial charge in [-0.15, -0.1) is 23.7 Å². The standard InChI is InChI=1S/C15H16ClN3OS.ClH/c1-2-19-7-6-12-13(9-19)21-15(17-12)18-14(20)10-4-3-5-11(16)8-10;/h3-5,8H,2,6-7,9H2,1H3,(H,17,18,20);1H. The highest BCUT2D eigenvalue weighted by molar-refractivity contribution is 7.15. The molecular weight excluding hydrogens is 341 g/mol. The molecular formula is C15H17Cl2N3OS. The van der Waals surface area contributed by atoms with E-state index in [1.165, 1.54) is 4.88 Å². The van der Waals surface area contributed by atoms with Crippen molar-refractivity contribution in [2.75, 3.05) is 18.4 Å². The summed E-state index contributed by atoms with van der Waals surface area (Å²) in [7, 11) is 0. The normalized spacial score (nSPS) is 14.1. The number of fused-ring (bicyclic) bond motifs is 1. The maximum absolute atomic E-state index is 12.2. The molecule has 2 aromatic rings. The van der Waals surface area contributed by atoms with Crippen molar-refractivity contribution in [3.05, 3.63) is 45.4 Å². The van der Waals surface area contributed by atoms with E-state index in [1.807, 2.05) is 0 Å². The van der Waals surface area contributed by atoms with E-state index in [0.29, 0.717) is 15.7 Å². The Labute approximate surface area is 144 Å². The van der Waals surface area contributed by atoms with Gasteiger partial charge < -0.3 is 0 Å². The molecule has 0 radical (unpaired) electrons. The number of carbonyl (C=O) groups excluding carboxylic acids is 1. The first-order valence-electron chi connectivity index (χ1n) is 6.93. The molecule has 1 aromatic carbocycles. The molecule has 1 amide bonds. The quantitative estimate of drug-likeness (QED) is 0.907. The van der Waals surface area contributed by atoms with Crippen LogP contribution in [0.25, 0.3) is 0 Å². The van der Waals surface area contributed by atoms with Gasteiger partial charge in [0.25, 0.3) is 5.91 Å². The van der Waals surface area contributed by atoms with Gasteiger partial charge >= 0.3 is 0 Å². The van der Waals surface area contributed by atoms with Crippen molar-refractivity contribution in [2.45, 2.75) is 19.9 Å². The van der Waals surface area contributed by atoms with Gasteiger partial charge in [-0.2, -0.15) is 0 Å². The molecule has 7 heteroatoms. The number of likely N-dealkylation sites (N-methyl/N-ethyl adjacent to an activating group) is 1. The molecule has 1 N–H and O–H groups in total. The van der Waals surface area contributed by atoms with Gasteiger partial charge in [0.05, 0.1) is 5.69 Å². The van der Waals surface area contributed by atoms with Crippen molar-refractivity contribution in [2.24, 2.45) is 0 Å². The van der Waals surface area contributed by atoms with Crippen LogP contribution in [0.1, 0.15) is 27.9 Å². The summed E-state index contributed by atoms with van der Waals surface area (Å²) in [5.74, 6) is -0.170. The predicted octanol–water partition coefficient (Wildman–Crippen LogP) is 3.85. The van der Waals surface area contributed by atoms with Gasteiger partial charge in [0.1, 0.15) is 0 Å². The molecule has 0 atom stereocenters. The molecule has 0 unspecified atom stereocenters. The Balaban J connectivity index is 0.00000176. The smallest absolute Gasteiger partial charge is 0.257 e. The molecule has 22 heavy (non-hydrogen) atoms. The summed E-state index contributed by atoms with van der Waals surface area (Å²) in [6, 6.07) is 6.92. The predicted molar refractivity (Wildman–Crippen MR) is 93.4 cm³/mol. The van der Waals surface area contributed by atoms with E-state index in [9.17, 15) is 4.79 Å². The van der Waals surface area contributed by atoms with Crippen LogP contribution in [0, 0.1) is 0 Å². The SMILES string of the molecule is CCN1CCc2nc(NC(=O)c3cccc(Cl)c3)sc2C1.Cl. The van der Waals surface area contributed by atoms with E-state index in [-0.39, 0.29) is 18.3 Å². The molecule has 1 aliphatic rings. The Bertz CT molecular complexity index is 675. The molecule has 0 aliphatic carbocycles. The minimum atomic E-state index is -0.170. The second-order valence-electron chi connectivity index (χ2n) is 4.97. The Morgan fingerprint density at radius 3 is 3.05 bits per heavy atom. The van der Waals surface area contributed by atoms with E-state index in [1.54, 1.807) is 35.6 Å². The molecule has 0 saturated heterocycles. The van der Waals surface area contributed by atoms with Gasteiger partial charge in [-0.25, -0.2) is 4.98 Å². The zero-order valence-electron chi connectivity index (χ0n) is 12.1.